The Kier molecular flexibility index (Phi) is 6.74. The summed E-state index contributed by atoms with van der Waals surface area (Å²) in [6.45, 7) is 2.26. The number of pyridine rings is 1. The lowest BCUT2D eigenvalue weighted by Gasteiger charge is -2.29. The Balaban J connectivity index is 1.31. The van der Waals surface area contributed by atoms with Crippen molar-refractivity contribution in [3.05, 3.63) is 47.0 Å². The van der Waals surface area contributed by atoms with Crippen LogP contribution in [-0.2, 0) is 18.4 Å². The zero-order valence-electron chi connectivity index (χ0n) is 20.4. The Hall–Kier alpha value is -3.36. The third-order valence-corrected chi connectivity index (χ3v) is 7.51. The van der Waals surface area contributed by atoms with Crippen LogP contribution in [0.2, 0.25) is 0 Å². The van der Waals surface area contributed by atoms with Gasteiger partial charge in [0.05, 0.1) is 11.4 Å². The highest BCUT2D eigenvalue weighted by atomic mass is 16.5. The van der Waals surface area contributed by atoms with Gasteiger partial charge >= 0.3 is 12.0 Å². The molecule has 1 N–H and O–H groups in total. The Morgan fingerprint density at radius 1 is 1.11 bits per heavy atom. The second-order valence-electron chi connectivity index (χ2n) is 9.89. The summed E-state index contributed by atoms with van der Waals surface area (Å²) in [4.78, 5) is 24.9. The summed E-state index contributed by atoms with van der Waals surface area (Å²) < 4.78 is 7.65. The third kappa shape index (κ3) is 5.18. The predicted molar refractivity (Wildman–Crippen MR) is 129 cm³/mol. The number of carbonyl (C=O) groups is 1. The standard InChI is InChI=1S/C26H32N6O3/c1-16-20(19-8-3-5-17(13-19)14-24(33)34)9-10-22(28-16)25-23(32(2)31-30-25)15-35-26-27-12-11-21(29-26)18-6-4-7-18/h9-12,17-19H,3-8,13-15H2,1-2H3,(H,33,34). The summed E-state index contributed by atoms with van der Waals surface area (Å²) in [5.74, 6) is 0.389. The fraction of sp³-hybridized carbons (Fsp3) is 0.538. The summed E-state index contributed by atoms with van der Waals surface area (Å²) in [6, 6.07) is 6.45. The number of hydrogen-bond donors (Lipinski definition) is 1. The van der Waals surface area contributed by atoms with Crippen LogP contribution in [-0.4, -0.2) is 41.0 Å². The first kappa shape index (κ1) is 23.4. The number of rotatable bonds is 8. The molecule has 3 aromatic rings. The average molecular weight is 477 g/mol. The molecule has 184 valence electrons. The number of hydrogen-bond acceptors (Lipinski definition) is 7. The molecule has 9 nitrogen and oxygen atoms in total. The molecule has 0 spiro atoms. The molecule has 2 saturated carbocycles. The van der Waals surface area contributed by atoms with E-state index in [0.717, 1.165) is 48.5 Å². The van der Waals surface area contributed by atoms with Gasteiger partial charge in [0.2, 0.25) is 0 Å². The number of ether oxygens (including phenoxy) is 1. The first-order valence-corrected chi connectivity index (χ1v) is 12.5. The van der Waals surface area contributed by atoms with E-state index in [9.17, 15) is 9.90 Å². The summed E-state index contributed by atoms with van der Waals surface area (Å²) in [5.41, 5.74) is 5.45. The van der Waals surface area contributed by atoms with Crippen LogP contribution in [0.3, 0.4) is 0 Å². The van der Waals surface area contributed by atoms with Gasteiger partial charge in [-0.05, 0) is 68.6 Å². The molecule has 3 aromatic heterocycles. The van der Waals surface area contributed by atoms with E-state index in [-0.39, 0.29) is 18.9 Å². The van der Waals surface area contributed by atoms with E-state index >= 15 is 0 Å². The van der Waals surface area contributed by atoms with E-state index in [1.807, 2.05) is 26.1 Å². The average Bonchev–Trinajstić information content (AvgIpc) is 3.17. The van der Waals surface area contributed by atoms with Crippen LogP contribution in [0.4, 0.5) is 0 Å². The second-order valence-corrected chi connectivity index (χ2v) is 9.89. The largest absolute Gasteiger partial charge is 0.481 e. The fourth-order valence-electron chi connectivity index (χ4n) is 5.37. The summed E-state index contributed by atoms with van der Waals surface area (Å²) in [5, 5.41) is 17.8. The number of carboxylic acid groups (broad SMARTS) is 1. The maximum absolute atomic E-state index is 11.2. The minimum Gasteiger partial charge on any atom is -0.481 e. The third-order valence-electron chi connectivity index (χ3n) is 7.51. The maximum atomic E-state index is 11.2. The Morgan fingerprint density at radius 3 is 2.66 bits per heavy atom. The normalized spacial score (nSPS) is 20.4. The van der Waals surface area contributed by atoms with Crippen LogP contribution in [0.15, 0.2) is 24.4 Å². The quantitative estimate of drug-likeness (QED) is 0.503. The fourth-order valence-corrected chi connectivity index (χ4v) is 5.37. The van der Waals surface area contributed by atoms with Gasteiger partial charge in [-0.3, -0.25) is 9.78 Å². The van der Waals surface area contributed by atoms with Crippen molar-refractivity contribution < 1.29 is 14.6 Å². The second kappa shape index (κ2) is 10.1. The van der Waals surface area contributed by atoms with Crippen LogP contribution >= 0.6 is 0 Å². The molecule has 35 heavy (non-hydrogen) atoms. The van der Waals surface area contributed by atoms with E-state index in [0.29, 0.717) is 23.5 Å². The van der Waals surface area contributed by atoms with E-state index < -0.39 is 5.97 Å². The molecule has 0 radical (unpaired) electrons. The van der Waals surface area contributed by atoms with Crippen molar-refractivity contribution in [2.24, 2.45) is 13.0 Å². The van der Waals surface area contributed by atoms with Crippen LogP contribution in [0.1, 0.15) is 85.8 Å². The number of nitrogens with zero attached hydrogens (tertiary/aromatic N) is 6. The van der Waals surface area contributed by atoms with Crippen molar-refractivity contribution in [1.82, 2.24) is 29.9 Å². The highest BCUT2D eigenvalue weighted by Gasteiger charge is 2.27. The minimum absolute atomic E-state index is 0.235. The van der Waals surface area contributed by atoms with Crippen molar-refractivity contribution in [3.8, 4) is 17.4 Å². The zero-order valence-corrected chi connectivity index (χ0v) is 20.4. The summed E-state index contributed by atoms with van der Waals surface area (Å²) in [7, 11) is 1.84. The molecule has 0 aromatic carbocycles. The predicted octanol–water partition coefficient (Wildman–Crippen LogP) is 4.57. The monoisotopic (exact) mass is 476 g/mol. The van der Waals surface area contributed by atoms with Gasteiger partial charge in [-0.2, -0.15) is 4.98 Å². The first-order chi connectivity index (χ1) is 17.0. The molecular formula is C26H32N6O3. The lowest BCUT2D eigenvalue weighted by molar-refractivity contribution is -0.138. The summed E-state index contributed by atoms with van der Waals surface area (Å²) in [6.07, 6.45) is 9.63. The van der Waals surface area contributed by atoms with Crippen LogP contribution in [0, 0.1) is 12.8 Å². The van der Waals surface area contributed by atoms with Crippen LogP contribution < -0.4 is 4.74 Å². The lowest BCUT2D eigenvalue weighted by atomic mass is 9.76. The Morgan fingerprint density at radius 2 is 1.91 bits per heavy atom. The molecule has 3 heterocycles. The highest BCUT2D eigenvalue weighted by molar-refractivity contribution is 5.67. The van der Waals surface area contributed by atoms with Crippen molar-refractivity contribution in [3.63, 3.8) is 0 Å². The summed E-state index contributed by atoms with van der Waals surface area (Å²) >= 11 is 0. The molecule has 0 amide bonds. The molecule has 2 atom stereocenters. The SMILES string of the molecule is Cc1nc(-c2nnn(C)c2COc2nccc(C3CCC3)n2)ccc1C1CCCC(CC(=O)O)C1. The van der Waals surface area contributed by atoms with E-state index in [2.05, 4.69) is 26.3 Å². The maximum Gasteiger partial charge on any atom is 0.316 e. The van der Waals surface area contributed by atoms with Crippen LogP contribution in [0.5, 0.6) is 6.01 Å². The molecular weight excluding hydrogens is 444 g/mol. The molecule has 2 aliphatic rings. The number of aliphatic carboxylic acids is 1. The highest BCUT2D eigenvalue weighted by Crippen LogP contribution is 2.39. The molecule has 9 heteroatoms. The minimum atomic E-state index is -0.710. The lowest BCUT2D eigenvalue weighted by Crippen LogP contribution is -2.18. The van der Waals surface area contributed by atoms with Gasteiger partial charge in [-0.25, -0.2) is 9.67 Å². The molecule has 2 unspecified atom stereocenters. The van der Waals surface area contributed by atoms with Gasteiger partial charge in [0, 0.05) is 31.3 Å². The van der Waals surface area contributed by atoms with Crippen molar-refractivity contribution in [2.75, 3.05) is 0 Å². The molecule has 0 aliphatic heterocycles. The Labute approximate surface area is 205 Å². The molecule has 2 fully saturated rings. The topological polar surface area (TPSA) is 116 Å². The van der Waals surface area contributed by atoms with Gasteiger partial charge in [-0.1, -0.05) is 24.1 Å². The van der Waals surface area contributed by atoms with Crippen molar-refractivity contribution >= 4 is 5.97 Å². The zero-order chi connectivity index (χ0) is 24.4. The Bertz CT molecular complexity index is 1210. The van der Waals surface area contributed by atoms with Gasteiger partial charge < -0.3 is 9.84 Å². The van der Waals surface area contributed by atoms with E-state index in [1.165, 1.54) is 24.8 Å². The number of aryl methyl sites for hydroxylation is 2. The first-order valence-electron chi connectivity index (χ1n) is 12.5. The molecule has 2 aliphatic carbocycles. The van der Waals surface area contributed by atoms with Gasteiger partial charge in [0.15, 0.2) is 0 Å². The van der Waals surface area contributed by atoms with Crippen molar-refractivity contribution in [1.29, 1.82) is 0 Å². The number of carboxylic acids is 1. The van der Waals surface area contributed by atoms with Crippen molar-refractivity contribution in [2.45, 2.75) is 76.7 Å². The van der Waals surface area contributed by atoms with Gasteiger partial charge in [0.1, 0.15) is 18.0 Å². The van der Waals surface area contributed by atoms with E-state index in [4.69, 9.17) is 9.72 Å². The van der Waals surface area contributed by atoms with Gasteiger partial charge in [0.25, 0.3) is 0 Å². The van der Waals surface area contributed by atoms with Gasteiger partial charge in [-0.15, -0.1) is 5.10 Å². The number of aromatic nitrogens is 6. The molecule has 5 rings (SSSR count). The smallest absolute Gasteiger partial charge is 0.316 e. The van der Waals surface area contributed by atoms with Crippen LogP contribution in [0.25, 0.3) is 11.4 Å². The molecule has 0 saturated heterocycles. The van der Waals surface area contributed by atoms with E-state index in [1.54, 1.807) is 10.9 Å². The molecule has 0 bridgehead atoms.